The minimum Gasteiger partial charge on any atom is -0.234 e. The van der Waals surface area contributed by atoms with Crippen LogP contribution in [0.3, 0.4) is 0 Å². The molecule has 0 N–H and O–H groups in total. The van der Waals surface area contributed by atoms with E-state index in [4.69, 9.17) is 0 Å². The maximum Gasteiger partial charge on any atom is 0.258 e. The molecule has 158 valence electrons. The van der Waals surface area contributed by atoms with E-state index in [9.17, 15) is 0 Å². The van der Waals surface area contributed by atoms with Gasteiger partial charge in [0.1, 0.15) is 12.4 Å². The Balaban J connectivity index is 2.27. The summed E-state index contributed by atoms with van der Waals surface area (Å²) in [6.45, 7) is 11.7. The van der Waals surface area contributed by atoms with Crippen LogP contribution in [0.2, 0.25) is 0 Å². The van der Waals surface area contributed by atoms with Gasteiger partial charge in [-0.3, -0.25) is 0 Å². The normalized spacial score (nSPS) is 11.6. The summed E-state index contributed by atoms with van der Waals surface area (Å²) in [7, 11) is 0. The lowest BCUT2D eigenvalue weighted by atomic mass is 10.1. The number of rotatable bonds is 18. The second-order valence-corrected chi connectivity index (χ2v) is 8.79. The molecule has 1 rings (SSSR count). The summed E-state index contributed by atoms with van der Waals surface area (Å²) in [5.74, 6) is 2.14. The van der Waals surface area contributed by atoms with E-state index in [-0.39, 0.29) is 0 Å². The maximum atomic E-state index is 2.53. The Morgan fingerprint density at radius 2 is 1.19 bits per heavy atom. The highest BCUT2D eigenvalue weighted by Crippen LogP contribution is 2.14. The van der Waals surface area contributed by atoms with Crippen LogP contribution >= 0.6 is 0 Å². The molecule has 2 heteroatoms. The van der Waals surface area contributed by atoms with Gasteiger partial charge in [-0.05, 0) is 25.7 Å². The standard InChI is InChI=1S/C25H49N2/c1-5-7-9-11-13-15-17-19-21-27-23-22-26(25(27)24(3)4)20-18-16-14-12-10-8-6-2/h22-24H,5-21H2,1-4H3/q+1. The van der Waals surface area contributed by atoms with Gasteiger partial charge in [0.15, 0.2) is 0 Å². The molecular weight excluding hydrogens is 328 g/mol. The van der Waals surface area contributed by atoms with E-state index in [1.54, 1.807) is 0 Å². The van der Waals surface area contributed by atoms with Crippen LogP contribution in [0.4, 0.5) is 0 Å². The highest BCUT2D eigenvalue weighted by atomic mass is 15.1. The van der Waals surface area contributed by atoms with Crippen LogP contribution in [0.5, 0.6) is 0 Å². The lowest BCUT2D eigenvalue weighted by Crippen LogP contribution is -2.38. The van der Waals surface area contributed by atoms with E-state index in [1.807, 2.05) is 0 Å². The number of hydrogen-bond acceptors (Lipinski definition) is 0. The molecule has 0 aliphatic rings. The van der Waals surface area contributed by atoms with Crippen molar-refractivity contribution in [1.29, 1.82) is 0 Å². The molecule has 0 amide bonds. The zero-order valence-corrected chi connectivity index (χ0v) is 19.1. The van der Waals surface area contributed by atoms with Crippen molar-refractivity contribution in [2.45, 2.75) is 143 Å². The Bertz CT molecular complexity index is 447. The molecule has 0 saturated heterocycles. The molecule has 0 bridgehead atoms. The lowest BCUT2D eigenvalue weighted by molar-refractivity contribution is -0.705. The first-order chi connectivity index (χ1) is 13.2. The summed E-state index contributed by atoms with van der Waals surface area (Å²) in [5, 5.41) is 0. The van der Waals surface area contributed by atoms with Gasteiger partial charge < -0.3 is 0 Å². The number of imidazole rings is 1. The number of unbranched alkanes of at least 4 members (excludes halogenated alkanes) is 13. The zero-order chi connectivity index (χ0) is 19.7. The predicted octanol–water partition coefficient (Wildman–Crippen LogP) is 7.79. The first kappa shape index (κ1) is 24.2. The number of aromatic nitrogens is 2. The van der Waals surface area contributed by atoms with Crippen LogP contribution < -0.4 is 4.57 Å². The van der Waals surface area contributed by atoms with Crippen molar-refractivity contribution >= 4 is 0 Å². The summed E-state index contributed by atoms with van der Waals surface area (Å²) in [5.41, 5.74) is 0. The van der Waals surface area contributed by atoms with Crippen molar-refractivity contribution in [2.24, 2.45) is 0 Å². The Morgan fingerprint density at radius 1 is 0.704 bits per heavy atom. The van der Waals surface area contributed by atoms with Crippen LogP contribution in [-0.4, -0.2) is 4.57 Å². The molecule has 0 atom stereocenters. The number of nitrogens with zero attached hydrogens (tertiary/aromatic N) is 2. The average Bonchev–Trinajstić information content (AvgIpc) is 3.06. The van der Waals surface area contributed by atoms with Crippen LogP contribution in [-0.2, 0) is 13.1 Å². The Morgan fingerprint density at radius 3 is 1.70 bits per heavy atom. The van der Waals surface area contributed by atoms with Crippen LogP contribution in [0.1, 0.15) is 136 Å². The Kier molecular flexibility index (Phi) is 14.5. The fourth-order valence-corrected chi connectivity index (χ4v) is 4.18. The second kappa shape index (κ2) is 16.2. The van der Waals surface area contributed by atoms with E-state index in [2.05, 4.69) is 49.2 Å². The van der Waals surface area contributed by atoms with Crippen molar-refractivity contribution in [3.05, 3.63) is 18.2 Å². The molecule has 0 radical (unpaired) electrons. The Labute approximate surface area is 170 Å². The van der Waals surface area contributed by atoms with E-state index >= 15 is 0 Å². The second-order valence-electron chi connectivity index (χ2n) is 8.79. The topological polar surface area (TPSA) is 8.81 Å². The fraction of sp³-hybridized carbons (Fsp3) is 0.880. The van der Waals surface area contributed by atoms with Crippen molar-refractivity contribution in [2.75, 3.05) is 0 Å². The van der Waals surface area contributed by atoms with Gasteiger partial charge >= 0.3 is 0 Å². The van der Waals surface area contributed by atoms with Crippen molar-refractivity contribution in [1.82, 2.24) is 4.57 Å². The van der Waals surface area contributed by atoms with Gasteiger partial charge in [-0.15, -0.1) is 0 Å². The first-order valence-electron chi connectivity index (χ1n) is 12.3. The summed E-state index contributed by atoms with van der Waals surface area (Å²) >= 11 is 0. The predicted molar refractivity (Wildman–Crippen MR) is 119 cm³/mol. The molecule has 1 aromatic heterocycles. The van der Waals surface area contributed by atoms with Gasteiger partial charge in [0.25, 0.3) is 5.82 Å². The smallest absolute Gasteiger partial charge is 0.234 e. The van der Waals surface area contributed by atoms with Gasteiger partial charge in [-0.2, -0.15) is 0 Å². The molecular formula is C25H49N2+. The third-order valence-electron chi connectivity index (χ3n) is 5.79. The quantitative estimate of drug-likeness (QED) is 0.182. The van der Waals surface area contributed by atoms with Crippen molar-refractivity contribution < 1.29 is 4.57 Å². The lowest BCUT2D eigenvalue weighted by Gasteiger charge is -2.08. The fourth-order valence-electron chi connectivity index (χ4n) is 4.18. The molecule has 27 heavy (non-hydrogen) atoms. The van der Waals surface area contributed by atoms with E-state index in [0.29, 0.717) is 5.92 Å². The summed E-state index contributed by atoms with van der Waals surface area (Å²) in [4.78, 5) is 0. The van der Waals surface area contributed by atoms with E-state index in [1.165, 1.54) is 115 Å². The molecule has 0 aliphatic heterocycles. The third kappa shape index (κ3) is 11.0. The van der Waals surface area contributed by atoms with Crippen molar-refractivity contribution in [3.8, 4) is 0 Å². The van der Waals surface area contributed by atoms with Gasteiger partial charge in [-0.25, -0.2) is 9.13 Å². The minimum absolute atomic E-state index is 0.610. The average molecular weight is 378 g/mol. The van der Waals surface area contributed by atoms with Crippen LogP contribution in [0, 0.1) is 0 Å². The molecule has 1 aromatic rings. The van der Waals surface area contributed by atoms with Crippen LogP contribution in [0.15, 0.2) is 12.4 Å². The van der Waals surface area contributed by atoms with Gasteiger partial charge in [-0.1, -0.05) is 98.3 Å². The largest absolute Gasteiger partial charge is 0.258 e. The van der Waals surface area contributed by atoms with Crippen LogP contribution in [0.25, 0.3) is 0 Å². The zero-order valence-electron chi connectivity index (χ0n) is 19.1. The van der Waals surface area contributed by atoms with E-state index < -0.39 is 0 Å². The molecule has 0 aliphatic carbocycles. The number of hydrogen-bond donors (Lipinski definition) is 0. The van der Waals surface area contributed by atoms with Crippen molar-refractivity contribution in [3.63, 3.8) is 0 Å². The summed E-state index contributed by atoms with van der Waals surface area (Å²) < 4.78 is 5.06. The number of aryl methyl sites for hydroxylation is 2. The monoisotopic (exact) mass is 377 g/mol. The highest BCUT2D eigenvalue weighted by Gasteiger charge is 2.19. The molecule has 0 unspecified atom stereocenters. The minimum atomic E-state index is 0.610. The van der Waals surface area contributed by atoms with Gasteiger partial charge in [0, 0.05) is 0 Å². The van der Waals surface area contributed by atoms with Gasteiger partial charge in [0.2, 0.25) is 0 Å². The molecule has 1 heterocycles. The molecule has 0 aromatic carbocycles. The maximum absolute atomic E-state index is 2.53. The molecule has 0 saturated carbocycles. The Hall–Kier alpha value is -0.790. The summed E-state index contributed by atoms with van der Waals surface area (Å²) in [6.07, 6.45) is 25.6. The molecule has 0 spiro atoms. The van der Waals surface area contributed by atoms with E-state index in [0.717, 1.165) is 0 Å². The van der Waals surface area contributed by atoms with Gasteiger partial charge in [0.05, 0.1) is 19.0 Å². The third-order valence-corrected chi connectivity index (χ3v) is 5.79. The highest BCUT2D eigenvalue weighted by molar-refractivity contribution is 4.89. The molecule has 0 fully saturated rings. The SMILES string of the molecule is CCCCCCCCCCn1cc[n+](CCCCCCCCC)c1C(C)C. The summed E-state index contributed by atoms with van der Waals surface area (Å²) in [6, 6.07) is 0. The first-order valence-corrected chi connectivity index (χ1v) is 12.3. The molecule has 2 nitrogen and oxygen atoms in total.